The molecule has 0 amide bonds. The van der Waals surface area contributed by atoms with E-state index in [-0.39, 0.29) is 12.4 Å². The van der Waals surface area contributed by atoms with Crippen molar-refractivity contribution in [2.75, 3.05) is 13.7 Å². The molecule has 1 aromatic rings. The van der Waals surface area contributed by atoms with Crippen LogP contribution in [0.2, 0.25) is 5.02 Å². The molecule has 1 saturated carbocycles. The standard InChI is InChI=1S/C18H28ClNO2.ClH/c1-3-22-18-16(19)11-14(12-17(18)21-2)13-20-15-9-7-5-4-6-8-10-15;/h11-12,15,20H,3-10,13H2,1-2H3;1H. The molecule has 0 atom stereocenters. The molecule has 1 aromatic carbocycles. The van der Waals surface area contributed by atoms with Crippen LogP contribution >= 0.6 is 24.0 Å². The van der Waals surface area contributed by atoms with Gasteiger partial charge in [0.15, 0.2) is 11.5 Å². The zero-order valence-electron chi connectivity index (χ0n) is 14.2. The van der Waals surface area contributed by atoms with Gasteiger partial charge >= 0.3 is 0 Å². The van der Waals surface area contributed by atoms with Crippen molar-refractivity contribution in [1.82, 2.24) is 5.32 Å². The zero-order valence-corrected chi connectivity index (χ0v) is 15.8. The van der Waals surface area contributed by atoms with Gasteiger partial charge in [0, 0.05) is 12.6 Å². The summed E-state index contributed by atoms with van der Waals surface area (Å²) >= 11 is 6.33. The molecular weight excluding hydrogens is 333 g/mol. The highest BCUT2D eigenvalue weighted by molar-refractivity contribution is 6.32. The summed E-state index contributed by atoms with van der Waals surface area (Å²) in [4.78, 5) is 0. The van der Waals surface area contributed by atoms with Crippen LogP contribution in [0, 0.1) is 0 Å². The Kier molecular flexibility index (Phi) is 9.77. The van der Waals surface area contributed by atoms with E-state index in [1.165, 1.54) is 44.9 Å². The van der Waals surface area contributed by atoms with E-state index in [9.17, 15) is 0 Å². The SMILES string of the molecule is CCOc1c(Cl)cc(CNC2CCCCCCC2)cc1OC.Cl. The Hall–Kier alpha value is -0.640. The fraction of sp³-hybridized carbons (Fsp3) is 0.667. The predicted molar refractivity (Wildman–Crippen MR) is 99.4 cm³/mol. The van der Waals surface area contributed by atoms with Crippen LogP contribution in [0.5, 0.6) is 11.5 Å². The van der Waals surface area contributed by atoms with Gasteiger partial charge in [-0.2, -0.15) is 0 Å². The van der Waals surface area contributed by atoms with E-state index in [0.29, 0.717) is 29.2 Å². The van der Waals surface area contributed by atoms with Crippen molar-refractivity contribution in [1.29, 1.82) is 0 Å². The Bertz CT molecular complexity index is 461. The van der Waals surface area contributed by atoms with Crippen molar-refractivity contribution in [2.45, 2.75) is 64.5 Å². The first-order valence-corrected chi connectivity index (χ1v) is 8.85. The second kappa shape index (κ2) is 11.0. The normalized spacial score (nSPS) is 16.1. The van der Waals surface area contributed by atoms with E-state index in [0.717, 1.165) is 12.1 Å². The van der Waals surface area contributed by atoms with E-state index in [2.05, 4.69) is 5.32 Å². The molecule has 1 aliphatic carbocycles. The lowest BCUT2D eigenvalue weighted by atomic mass is 9.96. The molecule has 0 unspecified atom stereocenters. The summed E-state index contributed by atoms with van der Waals surface area (Å²) < 4.78 is 11.0. The minimum Gasteiger partial charge on any atom is -0.493 e. The van der Waals surface area contributed by atoms with Crippen LogP contribution in [-0.4, -0.2) is 19.8 Å². The molecule has 0 saturated heterocycles. The second-order valence-electron chi connectivity index (χ2n) is 5.96. The maximum Gasteiger partial charge on any atom is 0.179 e. The Morgan fingerprint density at radius 3 is 2.39 bits per heavy atom. The number of rotatable bonds is 6. The van der Waals surface area contributed by atoms with Gasteiger partial charge in [-0.15, -0.1) is 12.4 Å². The summed E-state index contributed by atoms with van der Waals surface area (Å²) in [6, 6.07) is 4.62. The van der Waals surface area contributed by atoms with E-state index in [4.69, 9.17) is 21.1 Å². The molecule has 1 fully saturated rings. The minimum atomic E-state index is 0. The predicted octanol–water partition coefficient (Wildman–Crippen LogP) is 5.37. The molecule has 0 aromatic heterocycles. The Labute approximate surface area is 151 Å². The van der Waals surface area contributed by atoms with Gasteiger partial charge in [0.05, 0.1) is 18.7 Å². The minimum absolute atomic E-state index is 0. The van der Waals surface area contributed by atoms with E-state index in [1.807, 2.05) is 19.1 Å². The first-order valence-electron chi connectivity index (χ1n) is 8.47. The average Bonchev–Trinajstić information content (AvgIpc) is 2.48. The Morgan fingerprint density at radius 2 is 1.78 bits per heavy atom. The van der Waals surface area contributed by atoms with E-state index < -0.39 is 0 Å². The highest BCUT2D eigenvalue weighted by atomic mass is 35.5. The molecule has 132 valence electrons. The van der Waals surface area contributed by atoms with Crippen molar-refractivity contribution in [3.63, 3.8) is 0 Å². The average molecular weight is 362 g/mol. The maximum atomic E-state index is 6.33. The lowest BCUT2D eigenvalue weighted by Gasteiger charge is -2.21. The molecule has 1 aliphatic rings. The number of hydrogen-bond acceptors (Lipinski definition) is 3. The van der Waals surface area contributed by atoms with Crippen molar-refractivity contribution >= 4 is 24.0 Å². The molecule has 3 nitrogen and oxygen atoms in total. The van der Waals surface area contributed by atoms with Crippen LogP contribution in [0.3, 0.4) is 0 Å². The second-order valence-corrected chi connectivity index (χ2v) is 6.37. The largest absolute Gasteiger partial charge is 0.493 e. The summed E-state index contributed by atoms with van der Waals surface area (Å²) in [7, 11) is 1.65. The molecule has 0 spiro atoms. The molecule has 2 rings (SSSR count). The van der Waals surface area contributed by atoms with Crippen LogP contribution in [0.4, 0.5) is 0 Å². The third-order valence-electron chi connectivity index (χ3n) is 4.28. The molecule has 0 heterocycles. The third-order valence-corrected chi connectivity index (χ3v) is 4.56. The number of methoxy groups -OCH3 is 1. The molecule has 0 bridgehead atoms. The summed E-state index contributed by atoms with van der Waals surface area (Å²) in [6.45, 7) is 3.35. The van der Waals surface area contributed by atoms with Gasteiger partial charge in [0.2, 0.25) is 0 Å². The number of ether oxygens (including phenoxy) is 2. The summed E-state index contributed by atoms with van der Waals surface area (Å²) in [5.74, 6) is 1.35. The Morgan fingerprint density at radius 1 is 1.13 bits per heavy atom. The van der Waals surface area contributed by atoms with Gasteiger partial charge in [0.25, 0.3) is 0 Å². The zero-order chi connectivity index (χ0) is 15.8. The van der Waals surface area contributed by atoms with Gasteiger partial charge in [-0.1, -0.05) is 43.7 Å². The third kappa shape index (κ3) is 6.40. The summed E-state index contributed by atoms with van der Waals surface area (Å²) in [5.41, 5.74) is 1.15. The van der Waals surface area contributed by atoms with E-state index >= 15 is 0 Å². The highest BCUT2D eigenvalue weighted by Crippen LogP contribution is 2.36. The van der Waals surface area contributed by atoms with Crippen molar-refractivity contribution in [3.05, 3.63) is 22.7 Å². The lowest BCUT2D eigenvalue weighted by molar-refractivity contribution is 0.310. The smallest absolute Gasteiger partial charge is 0.179 e. The molecule has 0 radical (unpaired) electrons. The van der Waals surface area contributed by atoms with Crippen LogP contribution < -0.4 is 14.8 Å². The summed E-state index contributed by atoms with van der Waals surface area (Å²) in [5, 5.41) is 4.30. The highest BCUT2D eigenvalue weighted by Gasteiger charge is 2.14. The number of benzene rings is 1. The number of halogens is 2. The van der Waals surface area contributed by atoms with Gasteiger partial charge in [0.1, 0.15) is 0 Å². The molecule has 23 heavy (non-hydrogen) atoms. The van der Waals surface area contributed by atoms with Crippen molar-refractivity contribution in [3.8, 4) is 11.5 Å². The van der Waals surface area contributed by atoms with Gasteiger partial charge in [-0.05, 0) is 37.5 Å². The lowest BCUT2D eigenvalue weighted by Crippen LogP contribution is -2.29. The first-order chi connectivity index (χ1) is 10.7. The van der Waals surface area contributed by atoms with Crippen LogP contribution in [0.1, 0.15) is 57.4 Å². The van der Waals surface area contributed by atoms with Crippen LogP contribution in [-0.2, 0) is 6.54 Å². The fourth-order valence-electron chi connectivity index (χ4n) is 3.08. The molecule has 1 N–H and O–H groups in total. The molecule has 5 heteroatoms. The molecular formula is C18H29Cl2NO2. The molecule has 0 aliphatic heterocycles. The van der Waals surface area contributed by atoms with Gasteiger partial charge in [-0.25, -0.2) is 0 Å². The maximum absolute atomic E-state index is 6.33. The quantitative estimate of drug-likeness (QED) is 0.738. The number of hydrogen-bond donors (Lipinski definition) is 1. The van der Waals surface area contributed by atoms with E-state index in [1.54, 1.807) is 7.11 Å². The van der Waals surface area contributed by atoms with Crippen LogP contribution in [0.15, 0.2) is 12.1 Å². The number of nitrogens with one attached hydrogen (secondary N) is 1. The summed E-state index contributed by atoms with van der Waals surface area (Å²) in [6.07, 6.45) is 9.39. The monoisotopic (exact) mass is 361 g/mol. The van der Waals surface area contributed by atoms with Gasteiger partial charge < -0.3 is 14.8 Å². The fourth-order valence-corrected chi connectivity index (χ4v) is 3.37. The topological polar surface area (TPSA) is 30.5 Å². The Balaban J connectivity index is 0.00000264. The van der Waals surface area contributed by atoms with Crippen LogP contribution in [0.25, 0.3) is 0 Å². The van der Waals surface area contributed by atoms with Gasteiger partial charge in [-0.3, -0.25) is 0 Å². The van der Waals surface area contributed by atoms with Crippen molar-refractivity contribution in [2.24, 2.45) is 0 Å². The van der Waals surface area contributed by atoms with Crippen molar-refractivity contribution < 1.29 is 9.47 Å². The first kappa shape index (κ1) is 20.4.